The van der Waals surface area contributed by atoms with Crippen LogP contribution in [0.4, 0.5) is 11.4 Å². The molecule has 2 aromatic carbocycles. The highest BCUT2D eigenvalue weighted by Gasteiger charge is 2.26. The average Bonchev–Trinajstić information content (AvgIpc) is 2.71. The fraction of sp³-hybridized carbons (Fsp3) is 0.480. The van der Waals surface area contributed by atoms with E-state index < -0.39 is 10.0 Å². The number of carbonyl (C=O) groups excluding carboxylic acids is 1. The van der Waals surface area contributed by atoms with Crippen molar-refractivity contribution >= 4 is 27.3 Å². The fourth-order valence-electron chi connectivity index (χ4n) is 4.12. The average molecular weight is 459 g/mol. The first-order valence-corrected chi connectivity index (χ1v) is 13.0. The van der Waals surface area contributed by atoms with Gasteiger partial charge in [-0.25, -0.2) is 8.42 Å². The molecule has 0 spiro atoms. The molecule has 0 saturated carbocycles. The van der Waals surface area contributed by atoms with Crippen LogP contribution in [0.3, 0.4) is 0 Å². The molecule has 0 unspecified atom stereocenters. The van der Waals surface area contributed by atoms with Crippen molar-refractivity contribution in [2.75, 3.05) is 29.5 Å². The minimum absolute atomic E-state index is 0.131. The van der Waals surface area contributed by atoms with Gasteiger partial charge in [0.2, 0.25) is 15.9 Å². The van der Waals surface area contributed by atoms with E-state index in [0.717, 1.165) is 66.6 Å². The monoisotopic (exact) mass is 458 g/mol. The second-order valence-corrected chi connectivity index (χ2v) is 11.3. The molecule has 6 nitrogen and oxygen atoms in total. The van der Waals surface area contributed by atoms with Crippen molar-refractivity contribution in [3.05, 3.63) is 53.1 Å². The maximum absolute atomic E-state index is 12.6. The minimum atomic E-state index is -3.29. The summed E-state index contributed by atoms with van der Waals surface area (Å²) in [5.74, 6) is 1.06. The van der Waals surface area contributed by atoms with Gasteiger partial charge >= 0.3 is 0 Å². The topological polar surface area (TPSA) is 75.7 Å². The van der Waals surface area contributed by atoms with Gasteiger partial charge in [0.05, 0.1) is 13.4 Å². The predicted octanol–water partition coefficient (Wildman–Crippen LogP) is 4.67. The van der Waals surface area contributed by atoms with E-state index in [4.69, 9.17) is 4.74 Å². The van der Waals surface area contributed by atoms with Gasteiger partial charge in [0.15, 0.2) is 0 Å². The van der Waals surface area contributed by atoms with Gasteiger partial charge in [0.25, 0.3) is 0 Å². The molecule has 0 atom stereocenters. The Morgan fingerprint density at radius 1 is 1.06 bits per heavy atom. The van der Waals surface area contributed by atoms with Gasteiger partial charge < -0.3 is 9.64 Å². The van der Waals surface area contributed by atoms with Gasteiger partial charge in [-0.1, -0.05) is 32.9 Å². The third kappa shape index (κ3) is 6.03. The number of benzene rings is 2. The Labute approximate surface area is 192 Å². The van der Waals surface area contributed by atoms with E-state index in [1.807, 2.05) is 17.0 Å². The van der Waals surface area contributed by atoms with Crippen molar-refractivity contribution in [3.8, 4) is 5.75 Å². The van der Waals surface area contributed by atoms with E-state index in [1.54, 1.807) is 19.2 Å². The SMILES string of the molecule is COc1c(CCc2ccc(NS(C)(=O)=O)cc2)cc(N2CCCCC2=O)cc1C(C)(C)C. The third-order valence-corrected chi connectivity index (χ3v) is 6.34. The number of methoxy groups -OCH3 is 1. The van der Waals surface area contributed by atoms with Crippen LogP contribution in [0.15, 0.2) is 36.4 Å². The van der Waals surface area contributed by atoms with Crippen molar-refractivity contribution in [2.24, 2.45) is 0 Å². The number of amides is 1. The molecule has 1 saturated heterocycles. The summed E-state index contributed by atoms with van der Waals surface area (Å²) >= 11 is 0. The van der Waals surface area contributed by atoms with Crippen molar-refractivity contribution in [1.82, 2.24) is 0 Å². The van der Waals surface area contributed by atoms with Crippen LogP contribution in [-0.4, -0.2) is 34.2 Å². The van der Waals surface area contributed by atoms with Gasteiger partial charge in [0, 0.05) is 29.9 Å². The molecule has 3 rings (SSSR count). The van der Waals surface area contributed by atoms with Crippen LogP contribution in [0, 0.1) is 0 Å². The maximum Gasteiger partial charge on any atom is 0.229 e. The molecule has 7 heteroatoms. The lowest BCUT2D eigenvalue weighted by Crippen LogP contribution is -2.35. The molecule has 0 aromatic heterocycles. The van der Waals surface area contributed by atoms with Crippen LogP contribution >= 0.6 is 0 Å². The molecule has 0 bridgehead atoms. The first-order valence-electron chi connectivity index (χ1n) is 11.1. The molecule has 1 fully saturated rings. The van der Waals surface area contributed by atoms with Crippen LogP contribution in [0.2, 0.25) is 0 Å². The summed E-state index contributed by atoms with van der Waals surface area (Å²) in [5.41, 5.74) is 4.64. The second-order valence-electron chi connectivity index (χ2n) is 9.51. The van der Waals surface area contributed by atoms with Crippen LogP contribution in [0.25, 0.3) is 0 Å². The van der Waals surface area contributed by atoms with Crippen molar-refractivity contribution in [1.29, 1.82) is 0 Å². The zero-order valence-corrected chi connectivity index (χ0v) is 20.5. The van der Waals surface area contributed by atoms with Crippen LogP contribution in [-0.2, 0) is 33.1 Å². The van der Waals surface area contributed by atoms with E-state index in [1.165, 1.54) is 0 Å². The Bertz CT molecular complexity index is 1070. The number of nitrogens with zero attached hydrogens (tertiary/aromatic N) is 1. The summed E-state index contributed by atoms with van der Waals surface area (Å²) in [6.45, 7) is 7.22. The number of hydrogen-bond acceptors (Lipinski definition) is 4. The predicted molar refractivity (Wildman–Crippen MR) is 130 cm³/mol. The normalized spacial score (nSPS) is 15.0. The minimum Gasteiger partial charge on any atom is -0.496 e. The number of carbonyl (C=O) groups is 1. The highest BCUT2D eigenvalue weighted by atomic mass is 32.2. The molecule has 1 heterocycles. The first-order chi connectivity index (χ1) is 15.0. The molecule has 0 aliphatic carbocycles. The van der Waals surface area contributed by atoms with Gasteiger partial charge in [-0.3, -0.25) is 9.52 Å². The summed E-state index contributed by atoms with van der Waals surface area (Å²) < 4.78 is 31.2. The zero-order chi connectivity index (χ0) is 23.5. The molecular weight excluding hydrogens is 424 g/mol. The van der Waals surface area contributed by atoms with E-state index in [2.05, 4.69) is 37.6 Å². The molecule has 32 heavy (non-hydrogen) atoms. The lowest BCUT2D eigenvalue weighted by Gasteiger charge is -2.31. The van der Waals surface area contributed by atoms with Crippen LogP contribution in [0.1, 0.15) is 56.7 Å². The quantitative estimate of drug-likeness (QED) is 0.654. The van der Waals surface area contributed by atoms with Crippen LogP contribution < -0.4 is 14.4 Å². The number of piperidine rings is 1. The number of hydrogen-bond donors (Lipinski definition) is 1. The summed E-state index contributed by atoms with van der Waals surface area (Å²) in [5, 5.41) is 0. The van der Waals surface area contributed by atoms with E-state index >= 15 is 0 Å². The molecule has 174 valence electrons. The molecule has 1 amide bonds. The first kappa shape index (κ1) is 24.1. The fourth-order valence-corrected chi connectivity index (χ4v) is 4.69. The van der Waals surface area contributed by atoms with Crippen molar-refractivity contribution < 1.29 is 17.9 Å². The molecule has 1 aliphatic heterocycles. The summed E-state index contributed by atoms with van der Waals surface area (Å²) in [6, 6.07) is 11.6. The Kier molecular flexibility index (Phi) is 7.18. The molecule has 0 radical (unpaired) electrons. The molecular formula is C25H34N2O4S. The highest BCUT2D eigenvalue weighted by Crippen LogP contribution is 2.39. The Morgan fingerprint density at radius 3 is 2.31 bits per heavy atom. The number of aryl methyl sites for hydroxylation is 2. The van der Waals surface area contributed by atoms with Crippen molar-refractivity contribution in [2.45, 2.75) is 58.3 Å². The van der Waals surface area contributed by atoms with E-state index in [0.29, 0.717) is 12.1 Å². The Morgan fingerprint density at radius 2 is 1.75 bits per heavy atom. The molecule has 2 aromatic rings. The third-order valence-electron chi connectivity index (χ3n) is 5.74. The number of anilines is 2. The molecule has 1 aliphatic rings. The zero-order valence-electron chi connectivity index (χ0n) is 19.7. The van der Waals surface area contributed by atoms with Crippen molar-refractivity contribution in [3.63, 3.8) is 0 Å². The summed E-state index contributed by atoms with van der Waals surface area (Å²) in [4.78, 5) is 14.5. The van der Waals surface area contributed by atoms with Gasteiger partial charge in [-0.15, -0.1) is 0 Å². The number of sulfonamides is 1. The van der Waals surface area contributed by atoms with Crippen LogP contribution in [0.5, 0.6) is 5.75 Å². The lowest BCUT2D eigenvalue weighted by atomic mass is 9.83. The van der Waals surface area contributed by atoms with Gasteiger partial charge in [-0.05, 0) is 66.5 Å². The second kappa shape index (κ2) is 9.53. The van der Waals surface area contributed by atoms with Gasteiger partial charge in [0.1, 0.15) is 5.75 Å². The molecule has 1 N–H and O–H groups in total. The number of ether oxygens (including phenoxy) is 1. The highest BCUT2D eigenvalue weighted by molar-refractivity contribution is 7.92. The lowest BCUT2D eigenvalue weighted by molar-refractivity contribution is -0.119. The largest absolute Gasteiger partial charge is 0.496 e. The standard InChI is InChI=1S/C25H34N2O4S/c1-25(2,3)22-17-21(27-15-7-6-8-23(27)28)16-19(24(22)31-4)12-9-18-10-13-20(14-11-18)26-32(5,29)30/h10-11,13-14,16-17,26H,6-9,12,15H2,1-5H3. The number of rotatable bonds is 7. The Balaban J connectivity index is 1.90. The van der Waals surface area contributed by atoms with E-state index in [-0.39, 0.29) is 11.3 Å². The Hall–Kier alpha value is -2.54. The van der Waals surface area contributed by atoms with Gasteiger partial charge in [-0.2, -0.15) is 0 Å². The smallest absolute Gasteiger partial charge is 0.229 e. The number of nitrogens with one attached hydrogen (secondary N) is 1. The van der Waals surface area contributed by atoms with E-state index in [9.17, 15) is 13.2 Å². The summed E-state index contributed by atoms with van der Waals surface area (Å²) in [7, 11) is -1.59. The maximum atomic E-state index is 12.6. The summed E-state index contributed by atoms with van der Waals surface area (Å²) in [6.07, 6.45) is 5.23.